The Morgan fingerprint density at radius 3 is 2.44 bits per heavy atom. The molecule has 3 aliphatic rings. The van der Waals surface area contributed by atoms with Gasteiger partial charge in [-0.1, -0.05) is 12.1 Å². The minimum atomic E-state index is -4.42. The average Bonchev–Trinajstić information content (AvgIpc) is 3.16. The van der Waals surface area contributed by atoms with Crippen molar-refractivity contribution in [1.29, 1.82) is 0 Å². The number of esters is 1. The highest BCUT2D eigenvalue weighted by atomic mass is 19.4. The maximum Gasteiger partial charge on any atom is 0.416 e. The molecule has 10 heteroatoms. The quantitative estimate of drug-likeness (QED) is 0.353. The molecule has 3 aliphatic carbocycles. The van der Waals surface area contributed by atoms with E-state index in [1.54, 1.807) is 23.0 Å². The van der Waals surface area contributed by atoms with Crippen LogP contribution in [0.4, 0.5) is 17.6 Å². The molecule has 1 N–H and O–H groups in total. The van der Waals surface area contributed by atoms with Crippen LogP contribution in [0.3, 0.4) is 0 Å². The van der Waals surface area contributed by atoms with Gasteiger partial charge < -0.3 is 14.6 Å². The molecule has 3 saturated carbocycles. The fourth-order valence-corrected chi connectivity index (χ4v) is 5.90. The molecule has 6 rings (SSSR count). The first-order valence-electron chi connectivity index (χ1n) is 11.7. The number of hydrogen-bond donors (Lipinski definition) is 1. The topological polar surface area (TPSA) is 73.2 Å². The lowest BCUT2D eigenvalue weighted by Gasteiger charge is -2.70. The molecule has 0 radical (unpaired) electrons. The van der Waals surface area contributed by atoms with E-state index in [0.29, 0.717) is 53.4 Å². The molecule has 190 valence electrons. The Morgan fingerprint density at radius 1 is 1.14 bits per heavy atom. The van der Waals surface area contributed by atoms with Gasteiger partial charge in [0.25, 0.3) is 5.91 Å². The van der Waals surface area contributed by atoms with Crippen molar-refractivity contribution in [2.45, 2.75) is 50.4 Å². The first-order valence-corrected chi connectivity index (χ1v) is 11.7. The van der Waals surface area contributed by atoms with Crippen molar-refractivity contribution >= 4 is 22.9 Å². The van der Waals surface area contributed by atoms with E-state index in [2.05, 4.69) is 10.3 Å². The molecule has 0 saturated heterocycles. The Kier molecular flexibility index (Phi) is 5.80. The van der Waals surface area contributed by atoms with E-state index in [1.807, 2.05) is 0 Å². The lowest BCUT2D eigenvalue weighted by Crippen LogP contribution is -2.75. The number of carbonyl (C=O) groups is 2. The number of halogens is 4. The number of amides is 1. The Hall–Kier alpha value is -3.43. The number of nitrogens with zero attached hydrogens (tertiary/aromatic N) is 2. The molecule has 1 amide bonds. The lowest BCUT2D eigenvalue weighted by atomic mass is 9.38. The summed E-state index contributed by atoms with van der Waals surface area (Å²) in [5.74, 6) is -0.575. The van der Waals surface area contributed by atoms with E-state index in [9.17, 15) is 27.2 Å². The number of pyridine rings is 1. The Morgan fingerprint density at radius 2 is 1.83 bits per heavy atom. The maximum atomic E-state index is 13.4. The minimum absolute atomic E-state index is 0.0217. The normalized spacial score (nSPS) is 22.6. The van der Waals surface area contributed by atoms with E-state index < -0.39 is 18.4 Å². The van der Waals surface area contributed by atoms with Gasteiger partial charge in [-0.15, -0.1) is 0 Å². The van der Waals surface area contributed by atoms with Crippen LogP contribution in [0.1, 0.15) is 52.7 Å². The van der Waals surface area contributed by atoms with Crippen LogP contribution in [0.2, 0.25) is 0 Å². The van der Waals surface area contributed by atoms with E-state index in [-0.39, 0.29) is 35.8 Å². The van der Waals surface area contributed by atoms with Gasteiger partial charge in [0.1, 0.15) is 12.3 Å². The summed E-state index contributed by atoms with van der Waals surface area (Å²) >= 11 is 0. The molecule has 0 aliphatic heterocycles. The van der Waals surface area contributed by atoms with Crippen LogP contribution in [-0.2, 0) is 28.7 Å². The number of hydrogen-bond acceptors (Lipinski definition) is 4. The van der Waals surface area contributed by atoms with E-state index in [1.165, 1.54) is 19.2 Å². The van der Waals surface area contributed by atoms with Crippen molar-refractivity contribution in [3.8, 4) is 0 Å². The Balaban J connectivity index is 1.41. The van der Waals surface area contributed by atoms with Crippen LogP contribution in [0.25, 0.3) is 11.0 Å². The van der Waals surface area contributed by atoms with Crippen molar-refractivity contribution in [2.24, 2.45) is 5.41 Å². The summed E-state index contributed by atoms with van der Waals surface area (Å²) in [6.45, 7) is -0.621. The summed E-state index contributed by atoms with van der Waals surface area (Å²) in [5.41, 5.74) is 0.936. The number of alkyl halides is 4. The molecule has 2 aromatic heterocycles. The van der Waals surface area contributed by atoms with E-state index >= 15 is 0 Å². The molecule has 2 bridgehead atoms. The molecule has 3 aromatic rings. The highest BCUT2D eigenvalue weighted by molar-refractivity contribution is 6.08. The van der Waals surface area contributed by atoms with Gasteiger partial charge in [-0.05, 0) is 60.4 Å². The fraction of sp³-hybridized carbons (Fsp3) is 0.423. The minimum Gasteiger partial charge on any atom is -0.469 e. The fourth-order valence-electron chi connectivity index (χ4n) is 5.90. The molecule has 6 nitrogen and oxygen atoms in total. The smallest absolute Gasteiger partial charge is 0.416 e. The standard InChI is InChI=1S/C26H25F4N3O3/c1-36-20(34)11-24-13-25(14-24,15-24)32-23(35)19-12-33(9-7-27)22-21(19)17(6-8-31-22)10-16-2-4-18(5-3-16)26(28,29)30/h2-6,8,12H,7,9-11,13-15H2,1H3,(H,32,35). The van der Waals surface area contributed by atoms with Crippen molar-refractivity contribution in [3.05, 3.63) is 65.0 Å². The van der Waals surface area contributed by atoms with E-state index in [4.69, 9.17) is 4.74 Å². The summed E-state index contributed by atoms with van der Waals surface area (Å²) in [6, 6.07) is 6.61. The van der Waals surface area contributed by atoms with Crippen LogP contribution < -0.4 is 5.32 Å². The number of nitrogens with one attached hydrogen (secondary N) is 1. The van der Waals surface area contributed by atoms with Crippen LogP contribution in [0.15, 0.2) is 42.7 Å². The Labute approximate surface area is 204 Å². The SMILES string of the molecule is COC(=O)CC12CC(NC(=O)c3cn(CCF)c4nccc(Cc5ccc(C(F)(F)F)cc5)c34)(C1)C2. The number of methoxy groups -OCH3 is 1. The Bertz CT molecular complexity index is 1310. The number of carbonyl (C=O) groups excluding carboxylic acids is 2. The third kappa shape index (κ3) is 4.22. The number of aromatic nitrogens is 2. The summed E-state index contributed by atoms with van der Waals surface area (Å²) in [7, 11) is 1.36. The highest BCUT2D eigenvalue weighted by Crippen LogP contribution is 2.69. The van der Waals surface area contributed by atoms with Gasteiger partial charge in [-0.25, -0.2) is 9.37 Å². The molecule has 36 heavy (non-hydrogen) atoms. The molecular weight excluding hydrogens is 478 g/mol. The molecule has 0 unspecified atom stereocenters. The van der Waals surface area contributed by atoms with Crippen molar-refractivity contribution in [3.63, 3.8) is 0 Å². The summed E-state index contributed by atoms with van der Waals surface area (Å²) in [4.78, 5) is 29.4. The second kappa shape index (κ2) is 8.60. The second-order valence-corrected chi connectivity index (χ2v) is 9.98. The largest absolute Gasteiger partial charge is 0.469 e. The zero-order valence-electron chi connectivity index (χ0n) is 19.6. The lowest BCUT2D eigenvalue weighted by molar-refractivity contribution is -0.175. The monoisotopic (exact) mass is 503 g/mol. The molecule has 2 heterocycles. The summed E-state index contributed by atoms with van der Waals surface area (Å²) in [5, 5.41) is 3.66. The maximum absolute atomic E-state index is 13.4. The summed E-state index contributed by atoms with van der Waals surface area (Å²) in [6.07, 6.45) is 1.41. The molecule has 1 aromatic carbocycles. The number of benzene rings is 1. The van der Waals surface area contributed by atoms with Crippen molar-refractivity contribution < 1.29 is 31.9 Å². The molecule has 0 atom stereocenters. The van der Waals surface area contributed by atoms with Crippen LogP contribution >= 0.6 is 0 Å². The number of rotatable bonds is 8. The predicted octanol–water partition coefficient (Wildman–Crippen LogP) is 4.83. The van der Waals surface area contributed by atoms with Gasteiger partial charge in [-0.2, -0.15) is 13.2 Å². The van der Waals surface area contributed by atoms with Crippen LogP contribution in [0.5, 0.6) is 0 Å². The van der Waals surface area contributed by atoms with Gasteiger partial charge in [0.05, 0.1) is 31.2 Å². The number of fused-ring (bicyclic) bond motifs is 1. The van der Waals surface area contributed by atoms with Gasteiger partial charge in [-0.3, -0.25) is 9.59 Å². The third-order valence-corrected chi connectivity index (χ3v) is 7.36. The average molecular weight is 503 g/mol. The van der Waals surface area contributed by atoms with Gasteiger partial charge in [0, 0.05) is 23.3 Å². The molecular formula is C26H25F4N3O3. The zero-order chi connectivity index (χ0) is 25.7. The van der Waals surface area contributed by atoms with Gasteiger partial charge in [0.2, 0.25) is 0 Å². The van der Waals surface area contributed by atoms with Gasteiger partial charge >= 0.3 is 12.1 Å². The second-order valence-electron chi connectivity index (χ2n) is 9.98. The van der Waals surface area contributed by atoms with Crippen LogP contribution in [0, 0.1) is 5.41 Å². The molecule has 0 spiro atoms. The first kappa shape index (κ1) is 24.3. The third-order valence-electron chi connectivity index (χ3n) is 7.36. The zero-order valence-corrected chi connectivity index (χ0v) is 19.6. The highest BCUT2D eigenvalue weighted by Gasteiger charge is 2.68. The van der Waals surface area contributed by atoms with Crippen molar-refractivity contribution in [1.82, 2.24) is 14.9 Å². The number of ether oxygens (including phenoxy) is 1. The summed E-state index contributed by atoms with van der Waals surface area (Å²) < 4.78 is 58.4. The van der Waals surface area contributed by atoms with E-state index in [0.717, 1.165) is 12.1 Å². The van der Waals surface area contributed by atoms with Gasteiger partial charge in [0.15, 0.2) is 0 Å². The first-order chi connectivity index (χ1) is 17.1. The predicted molar refractivity (Wildman–Crippen MR) is 123 cm³/mol. The molecule has 3 fully saturated rings. The van der Waals surface area contributed by atoms with Crippen molar-refractivity contribution in [2.75, 3.05) is 13.8 Å². The number of aryl methyl sites for hydroxylation is 1. The van der Waals surface area contributed by atoms with Crippen LogP contribution in [-0.4, -0.2) is 40.8 Å².